The number of ether oxygens (including phenoxy) is 1. The smallest absolute Gasteiger partial charge is 0.323 e. The van der Waals surface area contributed by atoms with Gasteiger partial charge in [-0.05, 0) is 34.6 Å². The van der Waals surface area contributed by atoms with Crippen molar-refractivity contribution in [3.05, 3.63) is 0 Å². The van der Waals surface area contributed by atoms with Crippen LogP contribution in [-0.4, -0.2) is 57.7 Å². The molecule has 7 nitrogen and oxygen atoms in total. The highest BCUT2D eigenvalue weighted by molar-refractivity contribution is 5.36. The number of aromatic nitrogens is 3. The largest absolute Gasteiger partial charge is 0.461 e. The summed E-state index contributed by atoms with van der Waals surface area (Å²) in [4.78, 5) is 17.2. The summed E-state index contributed by atoms with van der Waals surface area (Å²) in [5.41, 5.74) is 5.95. The van der Waals surface area contributed by atoms with Crippen molar-refractivity contribution >= 4 is 11.9 Å². The Kier molecular flexibility index (Phi) is 4.51. The van der Waals surface area contributed by atoms with Gasteiger partial charge in [-0.15, -0.1) is 0 Å². The van der Waals surface area contributed by atoms with E-state index in [9.17, 15) is 0 Å². The van der Waals surface area contributed by atoms with Crippen LogP contribution < -0.4 is 15.4 Å². The Morgan fingerprint density at radius 2 is 1.67 bits per heavy atom. The van der Waals surface area contributed by atoms with Crippen molar-refractivity contribution in [1.29, 1.82) is 0 Å². The van der Waals surface area contributed by atoms with Crippen LogP contribution in [-0.2, 0) is 0 Å². The molecule has 0 radical (unpaired) electrons. The first kappa shape index (κ1) is 15.8. The van der Waals surface area contributed by atoms with Crippen molar-refractivity contribution in [2.24, 2.45) is 0 Å². The SMILES string of the molecule is CC(C)Oc1nc(N)nc(N2CCN(C(C)(C)C)CC2)n1. The molecule has 1 fully saturated rings. The molecule has 21 heavy (non-hydrogen) atoms. The van der Waals surface area contributed by atoms with Gasteiger partial charge >= 0.3 is 6.01 Å². The molecule has 1 aromatic heterocycles. The van der Waals surface area contributed by atoms with E-state index >= 15 is 0 Å². The summed E-state index contributed by atoms with van der Waals surface area (Å²) in [6.45, 7) is 14.3. The van der Waals surface area contributed by atoms with E-state index in [2.05, 4.69) is 45.5 Å². The highest BCUT2D eigenvalue weighted by Gasteiger charge is 2.27. The summed E-state index contributed by atoms with van der Waals surface area (Å²) >= 11 is 0. The van der Waals surface area contributed by atoms with Crippen LogP contribution in [0.3, 0.4) is 0 Å². The number of rotatable bonds is 3. The summed E-state index contributed by atoms with van der Waals surface area (Å²) in [6.07, 6.45) is 0.0115. The van der Waals surface area contributed by atoms with Crippen LogP contribution in [0.25, 0.3) is 0 Å². The molecule has 2 N–H and O–H groups in total. The van der Waals surface area contributed by atoms with Gasteiger partial charge in [0.25, 0.3) is 0 Å². The molecule has 0 atom stereocenters. The fraction of sp³-hybridized carbons (Fsp3) is 0.786. The second kappa shape index (κ2) is 6.01. The number of hydrogen-bond acceptors (Lipinski definition) is 7. The molecule has 0 spiro atoms. The predicted molar refractivity (Wildman–Crippen MR) is 83.5 cm³/mol. The number of piperazine rings is 1. The first-order valence-electron chi connectivity index (χ1n) is 7.44. The van der Waals surface area contributed by atoms with Crippen molar-refractivity contribution in [2.45, 2.75) is 46.3 Å². The van der Waals surface area contributed by atoms with E-state index in [-0.39, 0.29) is 17.6 Å². The first-order valence-corrected chi connectivity index (χ1v) is 7.44. The third-order valence-electron chi connectivity index (χ3n) is 3.47. The lowest BCUT2D eigenvalue weighted by Crippen LogP contribution is -2.53. The van der Waals surface area contributed by atoms with Gasteiger partial charge in [-0.3, -0.25) is 4.90 Å². The highest BCUT2D eigenvalue weighted by atomic mass is 16.5. The van der Waals surface area contributed by atoms with Crippen LogP contribution in [0.1, 0.15) is 34.6 Å². The number of anilines is 2. The maximum Gasteiger partial charge on any atom is 0.323 e. The minimum Gasteiger partial charge on any atom is -0.461 e. The van der Waals surface area contributed by atoms with Crippen LogP contribution in [0.4, 0.5) is 11.9 Å². The van der Waals surface area contributed by atoms with E-state index in [1.165, 1.54) is 0 Å². The fourth-order valence-electron chi connectivity index (χ4n) is 2.34. The average Bonchev–Trinajstić information content (AvgIpc) is 2.36. The third-order valence-corrected chi connectivity index (χ3v) is 3.47. The summed E-state index contributed by atoms with van der Waals surface area (Å²) in [6, 6.07) is 0.297. The average molecular weight is 294 g/mol. The Balaban J connectivity index is 2.08. The minimum atomic E-state index is 0.0115. The molecule has 0 aromatic carbocycles. The summed E-state index contributed by atoms with van der Waals surface area (Å²) in [5.74, 6) is 0.806. The number of nitrogens with two attached hydrogens (primary N) is 1. The van der Waals surface area contributed by atoms with Crippen molar-refractivity contribution in [3.8, 4) is 6.01 Å². The third kappa shape index (κ3) is 4.17. The fourth-order valence-corrected chi connectivity index (χ4v) is 2.34. The monoisotopic (exact) mass is 294 g/mol. The van der Waals surface area contributed by atoms with Gasteiger partial charge in [0.15, 0.2) is 0 Å². The zero-order chi connectivity index (χ0) is 15.6. The van der Waals surface area contributed by atoms with E-state index in [0.717, 1.165) is 26.2 Å². The van der Waals surface area contributed by atoms with E-state index < -0.39 is 0 Å². The van der Waals surface area contributed by atoms with Gasteiger partial charge in [0, 0.05) is 31.7 Å². The minimum absolute atomic E-state index is 0.0115. The zero-order valence-corrected chi connectivity index (χ0v) is 13.6. The zero-order valence-electron chi connectivity index (χ0n) is 13.6. The number of hydrogen-bond donors (Lipinski definition) is 1. The summed E-state index contributed by atoms with van der Waals surface area (Å²) in [5, 5.41) is 0. The molecule has 0 bridgehead atoms. The Morgan fingerprint density at radius 1 is 1.05 bits per heavy atom. The topological polar surface area (TPSA) is 80.4 Å². The quantitative estimate of drug-likeness (QED) is 0.896. The van der Waals surface area contributed by atoms with Crippen molar-refractivity contribution in [1.82, 2.24) is 19.9 Å². The Hall–Kier alpha value is -1.63. The normalized spacial score (nSPS) is 17.3. The number of nitrogens with zero attached hydrogens (tertiary/aromatic N) is 5. The van der Waals surface area contributed by atoms with Gasteiger partial charge in [-0.25, -0.2) is 0 Å². The Labute approximate surface area is 126 Å². The lowest BCUT2D eigenvalue weighted by Gasteiger charge is -2.42. The molecule has 1 aliphatic heterocycles. The van der Waals surface area contributed by atoms with Crippen LogP contribution in [0.15, 0.2) is 0 Å². The maximum atomic E-state index is 5.76. The summed E-state index contributed by atoms with van der Waals surface area (Å²) < 4.78 is 5.52. The van der Waals surface area contributed by atoms with Crippen LogP contribution in [0.5, 0.6) is 6.01 Å². The standard InChI is InChI=1S/C14H26N6O/c1-10(2)21-13-17-11(15)16-12(18-13)19-6-8-20(9-7-19)14(3,4)5/h10H,6-9H2,1-5H3,(H2,15,16,17,18). The van der Waals surface area contributed by atoms with Crippen LogP contribution in [0, 0.1) is 0 Å². The Morgan fingerprint density at radius 3 is 2.19 bits per heavy atom. The Bertz CT molecular complexity index is 477. The van der Waals surface area contributed by atoms with E-state index in [1.54, 1.807) is 0 Å². The van der Waals surface area contributed by atoms with Gasteiger partial charge in [-0.2, -0.15) is 15.0 Å². The molecule has 1 aliphatic rings. The van der Waals surface area contributed by atoms with Crippen LogP contribution in [0.2, 0.25) is 0 Å². The molecule has 0 aliphatic carbocycles. The molecule has 118 valence electrons. The molecule has 2 heterocycles. The van der Waals surface area contributed by atoms with Crippen molar-refractivity contribution in [3.63, 3.8) is 0 Å². The van der Waals surface area contributed by atoms with Gasteiger partial charge < -0.3 is 15.4 Å². The molecule has 0 saturated carbocycles. The van der Waals surface area contributed by atoms with Gasteiger partial charge in [-0.1, -0.05) is 0 Å². The number of nitrogen functional groups attached to an aromatic ring is 1. The van der Waals surface area contributed by atoms with Gasteiger partial charge in [0.05, 0.1) is 6.10 Å². The second-order valence-electron chi connectivity index (χ2n) is 6.59. The molecular weight excluding hydrogens is 268 g/mol. The maximum absolute atomic E-state index is 5.76. The molecule has 1 saturated heterocycles. The van der Waals surface area contributed by atoms with Crippen molar-refractivity contribution in [2.75, 3.05) is 36.8 Å². The molecule has 0 unspecified atom stereocenters. The molecule has 2 rings (SSSR count). The molecular formula is C14H26N6O. The van der Waals surface area contributed by atoms with Crippen LogP contribution >= 0.6 is 0 Å². The lowest BCUT2D eigenvalue weighted by atomic mass is 10.1. The van der Waals surface area contributed by atoms with E-state index in [0.29, 0.717) is 12.0 Å². The first-order chi connectivity index (χ1) is 9.75. The molecule has 7 heteroatoms. The van der Waals surface area contributed by atoms with Crippen molar-refractivity contribution < 1.29 is 4.74 Å². The van der Waals surface area contributed by atoms with Gasteiger partial charge in [0.2, 0.25) is 11.9 Å². The molecule has 1 aromatic rings. The lowest BCUT2D eigenvalue weighted by molar-refractivity contribution is 0.128. The molecule has 0 amide bonds. The predicted octanol–water partition coefficient (Wildman–Crippen LogP) is 1.16. The van der Waals surface area contributed by atoms with E-state index in [1.807, 2.05) is 13.8 Å². The van der Waals surface area contributed by atoms with Gasteiger partial charge in [0.1, 0.15) is 0 Å². The summed E-state index contributed by atoms with van der Waals surface area (Å²) in [7, 11) is 0. The highest BCUT2D eigenvalue weighted by Crippen LogP contribution is 2.20. The van der Waals surface area contributed by atoms with E-state index in [4.69, 9.17) is 10.5 Å². The second-order valence-corrected chi connectivity index (χ2v) is 6.59.